The molecule has 22 heavy (non-hydrogen) atoms. The molecule has 0 spiro atoms. The molecule has 0 aliphatic carbocycles. The van der Waals surface area contributed by atoms with Crippen LogP contribution in [-0.4, -0.2) is 34.6 Å². The molecular weight excluding hydrogens is 283 g/mol. The van der Waals surface area contributed by atoms with Crippen LogP contribution < -0.4 is 9.64 Å². The minimum absolute atomic E-state index is 0.360. The van der Waals surface area contributed by atoms with Crippen molar-refractivity contribution in [3.8, 4) is 5.88 Å². The van der Waals surface area contributed by atoms with E-state index in [0.29, 0.717) is 24.2 Å². The Kier molecular flexibility index (Phi) is 4.46. The third-order valence-corrected chi connectivity index (χ3v) is 3.98. The second-order valence-electron chi connectivity index (χ2n) is 5.56. The van der Waals surface area contributed by atoms with E-state index in [1.54, 1.807) is 6.20 Å². The lowest BCUT2D eigenvalue weighted by Crippen LogP contribution is -2.36. The Morgan fingerprint density at radius 3 is 2.86 bits per heavy atom. The van der Waals surface area contributed by atoms with Crippen LogP contribution in [0.15, 0.2) is 30.9 Å². The average Bonchev–Trinajstić information content (AvgIpc) is 2.55. The Hall–Kier alpha value is -2.24. The summed E-state index contributed by atoms with van der Waals surface area (Å²) in [6, 6.07) is 3.89. The number of aromatic nitrogens is 3. The molecule has 0 saturated carbocycles. The predicted molar refractivity (Wildman–Crippen MR) is 81.4 cm³/mol. The molecular formula is C16H19FN4O. The Labute approximate surface area is 129 Å². The maximum absolute atomic E-state index is 13.7. The van der Waals surface area contributed by atoms with E-state index in [1.807, 2.05) is 24.0 Å². The molecule has 1 fully saturated rings. The minimum Gasteiger partial charge on any atom is -0.477 e. The van der Waals surface area contributed by atoms with Gasteiger partial charge in [-0.05, 0) is 31.7 Å². The zero-order valence-electron chi connectivity index (χ0n) is 12.6. The van der Waals surface area contributed by atoms with Crippen molar-refractivity contribution in [2.75, 3.05) is 24.6 Å². The summed E-state index contributed by atoms with van der Waals surface area (Å²) in [4.78, 5) is 13.9. The molecule has 3 heterocycles. The molecule has 0 N–H and O–H groups in total. The summed E-state index contributed by atoms with van der Waals surface area (Å²) in [6.45, 7) is 4.20. The van der Waals surface area contributed by atoms with Crippen molar-refractivity contribution in [3.05, 3.63) is 42.2 Å². The standard InChI is InChI=1S/C16H19FN4O/c1-12-3-2-6-19-16(12)22-10-13-4-7-21(8-5-13)15-14(17)9-18-11-20-15/h2-3,6,9,11,13H,4-5,7-8,10H2,1H3. The zero-order valence-corrected chi connectivity index (χ0v) is 12.6. The van der Waals surface area contributed by atoms with Gasteiger partial charge in [0.2, 0.25) is 5.88 Å². The number of nitrogens with zero attached hydrogens (tertiary/aromatic N) is 4. The number of ether oxygens (including phenoxy) is 1. The highest BCUT2D eigenvalue weighted by Gasteiger charge is 2.22. The number of aryl methyl sites for hydroxylation is 1. The highest BCUT2D eigenvalue weighted by Crippen LogP contribution is 2.24. The molecule has 0 unspecified atom stereocenters. The molecule has 116 valence electrons. The quantitative estimate of drug-likeness (QED) is 0.869. The molecule has 0 bridgehead atoms. The van der Waals surface area contributed by atoms with Gasteiger partial charge in [0.15, 0.2) is 11.6 Å². The Balaban J connectivity index is 1.52. The molecule has 6 heteroatoms. The lowest BCUT2D eigenvalue weighted by Gasteiger charge is -2.32. The van der Waals surface area contributed by atoms with Crippen LogP contribution in [0.1, 0.15) is 18.4 Å². The number of hydrogen-bond donors (Lipinski definition) is 0. The van der Waals surface area contributed by atoms with Crippen molar-refractivity contribution in [1.82, 2.24) is 15.0 Å². The van der Waals surface area contributed by atoms with Gasteiger partial charge in [0.05, 0.1) is 12.8 Å². The second kappa shape index (κ2) is 6.68. The minimum atomic E-state index is -0.360. The number of rotatable bonds is 4. The number of anilines is 1. The van der Waals surface area contributed by atoms with Gasteiger partial charge in [-0.25, -0.2) is 19.3 Å². The van der Waals surface area contributed by atoms with E-state index >= 15 is 0 Å². The summed E-state index contributed by atoms with van der Waals surface area (Å²) in [7, 11) is 0. The van der Waals surface area contributed by atoms with Crippen LogP contribution in [0.4, 0.5) is 10.2 Å². The first-order valence-electron chi connectivity index (χ1n) is 7.49. The Morgan fingerprint density at radius 1 is 1.32 bits per heavy atom. The van der Waals surface area contributed by atoms with Gasteiger partial charge in [0, 0.05) is 24.8 Å². The smallest absolute Gasteiger partial charge is 0.216 e. The first kappa shape index (κ1) is 14.7. The Morgan fingerprint density at radius 2 is 2.14 bits per heavy atom. The van der Waals surface area contributed by atoms with E-state index in [4.69, 9.17) is 4.74 Å². The molecule has 0 amide bonds. The number of halogens is 1. The molecule has 5 nitrogen and oxygen atoms in total. The number of piperidine rings is 1. The van der Waals surface area contributed by atoms with Gasteiger partial charge in [0.1, 0.15) is 6.33 Å². The Bertz CT molecular complexity index is 629. The summed E-state index contributed by atoms with van der Waals surface area (Å²) < 4.78 is 19.5. The van der Waals surface area contributed by atoms with E-state index in [2.05, 4.69) is 15.0 Å². The van der Waals surface area contributed by atoms with Crippen LogP contribution in [-0.2, 0) is 0 Å². The fraction of sp³-hybridized carbons (Fsp3) is 0.438. The van der Waals surface area contributed by atoms with Crippen molar-refractivity contribution in [2.24, 2.45) is 5.92 Å². The molecule has 1 aliphatic rings. The van der Waals surface area contributed by atoms with E-state index in [9.17, 15) is 4.39 Å². The van der Waals surface area contributed by atoms with Crippen LogP contribution >= 0.6 is 0 Å². The van der Waals surface area contributed by atoms with Gasteiger partial charge in [-0.2, -0.15) is 0 Å². The molecule has 2 aromatic rings. The number of hydrogen-bond acceptors (Lipinski definition) is 5. The summed E-state index contributed by atoms with van der Waals surface area (Å²) in [5.74, 6) is 1.20. The van der Waals surface area contributed by atoms with Gasteiger partial charge in [-0.1, -0.05) is 6.07 Å². The summed E-state index contributed by atoms with van der Waals surface area (Å²) in [6.07, 6.45) is 6.24. The normalized spacial score (nSPS) is 15.8. The fourth-order valence-corrected chi connectivity index (χ4v) is 2.67. The third-order valence-electron chi connectivity index (χ3n) is 3.98. The largest absolute Gasteiger partial charge is 0.477 e. The highest BCUT2D eigenvalue weighted by atomic mass is 19.1. The van der Waals surface area contributed by atoms with Crippen molar-refractivity contribution in [3.63, 3.8) is 0 Å². The van der Waals surface area contributed by atoms with Crippen LogP contribution in [0.3, 0.4) is 0 Å². The lowest BCUT2D eigenvalue weighted by molar-refractivity contribution is 0.214. The average molecular weight is 302 g/mol. The molecule has 0 radical (unpaired) electrons. The first-order valence-corrected chi connectivity index (χ1v) is 7.49. The van der Waals surface area contributed by atoms with Gasteiger partial charge in [-0.3, -0.25) is 0 Å². The second-order valence-corrected chi connectivity index (χ2v) is 5.56. The predicted octanol–water partition coefficient (Wildman–Crippen LogP) is 2.61. The van der Waals surface area contributed by atoms with Crippen LogP contribution in [0.25, 0.3) is 0 Å². The van der Waals surface area contributed by atoms with E-state index < -0.39 is 0 Å². The van der Waals surface area contributed by atoms with Crippen LogP contribution in [0.2, 0.25) is 0 Å². The topological polar surface area (TPSA) is 51.1 Å². The van der Waals surface area contributed by atoms with Crippen LogP contribution in [0.5, 0.6) is 5.88 Å². The zero-order chi connectivity index (χ0) is 15.4. The molecule has 1 saturated heterocycles. The fourth-order valence-electron chi connectivity index (χ4n) is 2.67. The van der Waals surface area contributed by atoms with Gasteiger partial charge in [0.25, 0.3) is 0 Å². The molecule has 0 atom stereocenters. The number of pyridine rings is 1. The lowest BCUT2D eigenvalue weighted by atomic mass is 9.98. The van der Waals surface area contributed by atoms with Crippen molar-refractivity contribution >= 4 is 5.82 Å². The van der Waals surface area contributed by atoms with Crippen molar-refractivity contribution < 1.29 is 9.13 Å². The van der Waals surface area contributed by atoms with Crippen molar-refractivity contribution in [2.45, 2.75) is 19.8 Å². The third kappa shape index (κ3) is 3.32. The van der Waals surface area contributed by atoms with E-state index in [0.717, 1.165) is 31.5 Å². The maximum atomic E-state index is 13.7. The molecule has 0 aromatic carbocycles. The monoisotopic (exact) mass is 302 g/mol. The molecule has 2 aromatic heterocycles. The highest BCUT2D eigenvalue weighted by molar-refractivity contribution is 5.38. The SMILES string of the molecule is Cc1cccnc1OCC1CCN(c2ncncc2F)CC1. The summed E-state index contributed by atoms with van der Waals surface area (Å²) in [5.41, 5.74) is 1.04. The molecule has 3 rings (SSSR count). The van der Waals surface area contributed by atoms with Crippen molar-refractivity contribution in [1.29, 1.82) is 0 Å². The van der Waals surface area contributed by atoms with Crippen LogP contribution in [0, 0.1) is 18.7 Å². The molecule has 1 aliphatic heterocycles. The van der Waals surface area contributed by atoms with E-state index in [1.165, 1.54) is 12.5 Å². The van der Waals surface area contributed by atoms with E-state index in [-0.39, 0.29) is 5.82 Å². The maximum Gasteiger partial charge on any atom is 0.216 e. The van der Waals surface area contributed by atoms with Gasteiger partial charge < -0.3 is 9.64 Å². The first-order chi connectivity index (χ1) is 10.7. The van der Waals surface area contributed by atoms with Gasteiger partial charge in [-0.15, -0.1) is 0 Å². The summed E-state index contributed by atoms with van der Waals surface area (Å²) in [5, 5.41) is 0. The summed E-state index contributed by atoms with van der Waals surface area (Å²) >= 11 is 0. The van der Waals surface area contributed by atoms with Gasteiger partial charge >= 0.3 is 0 Å².